The van der Waals surface area contributed by atoms with E-state index in [1.807, 2.05) is 28.8 Å². The van der Waals surface area contributed by atoms with Crippen LogP contribution in [0.5, 0.6) is 11.5 Å². The molecule has 2 saturated heterocycles. The molecule has 2 aromatic heterocycles. The van der Waals surface area contributed by atoms with Crippen LogP contribution < -0.4 is 4.74 Å². The Morgan fingerprint density at radius 3 is 2.50 bits per heavy atom. The van der Waals surface area contributed by atoms with E-state index in [0.717, 1.165) is 35.2 Å². The van der Waals surface area contributed by atoms with Crippen molar-refractivity contribution in [3.8, 4) is 22.6 Å². The number of rotatable bonds is 3. The molecule has 0 aliphatic carbocycles. The minimum Gasteiger partial charge on any atom is -0.508 e. The average Bonchev–Trinajstić information content (AvgIpc) is 3.25. The van der Waals surface area contributed by atoms with E-state index in [4.69, 9.17) is 4.74 Å². The highest BCUT2D eigenvalue weighted by Crippen LogP contribution is 2.38. The molecule has 144 valence electrons. The van der Waals surface area contributed by atoms with Crippen molar-refractivity contribution in [2.45, 2.75) is 43.9 Å². The number of phenols is 1. The van der Waals surface area contributed by atoms with Gasteiger partial charge in [0.2, 0.25) is 0 Å². The molecule has 7 heteroatoms. The smallest absolute Gasteiger partial charge is 0.407 e. The Morgan fingerprint density at radius 1 is 1.11 bits per heavy atom. The van der Waals surface area contributed by atoms with Crippen molar-refractivity contribution in [2.75, 3.05) is 0 Å². The summed E-state index contributed by atoms with van der Waals surface area (Å²) in [5, 5.41) is 19.0. The molecule has 2 N–H and O–H groups in total. The third-order valence-electron chi connectivity index (χ3n) is 5.89. The van der Waals surface area contributed by atoms with Crippen LogP contribution in [0.25, 0.3) is 16.6 Å². The minimum atomic E-state index is -0.821. The maximum absolute atomic E-state index is 11.5. The summed E-state index contributed by atoms with van der Waals surface area (Å²) in [7, 11) is 0. The lowest BCUT2D eigenvalue weighted by atomic mass is 10.00. The van der Waals surface area contributed by atoms with Gasteiger partial charge >= 0.3 is 6.09 Å². The number of aromatic hydroxyl groups is 1. The van der Waals surface area contributed by atoms with Crippen molar-refractivity contribution in [3.63, 3.8) is 0 Å². The van der Waals surface area contributed by atoms with E-state index >= 15 is 0 Å². The summed E-state index contributed by atoms with van der Waals surface area (Å²) in [6.07, 6.45) is 7.91. The molecule has 5 rings (SSSR count). The van der Waals surface area contributed by atoms with Crippen LogP contribution in [-0.2, 0) is 0 Å². The molecule has 2 bridgehead atoms. The van der Waals surface area contributed by atoms with Gasteiger partial charge in [-0.15, -0.1) is 0 Å². The maximum Gasteiger partial charge on any atom is 0.407 e. The van der Waals surface area contributed by atoms with Gasteiger partial charge in [0, 0.05) is 36.7 Å². The van der Waals surface area contributed by atoms with Crippen molar-refractivity contribution >= 4 is 11.6 Å². The number of pyridine rings is 1. The third kappa shape index (κ3) is 2.83. The van der Waals surface area contributed by atoms with E-state index in [0.29, 0.717) is 12.8 Å². The fraction of sp³-hybridized carbons (Fsp3) is 0.333. The molecule has 0 saturated carbocycles. The molecule has 0 unspecified atom stereocenters. The Kier molecular flexibility index (Phi) is 3.89. The summed E-state index contributed by atoms with van der Waals surface area (Å²) < 4.78 is 8.32. The van der Waals surface area contributed by atoms with E-state index in [9.17, 15) is 15.0 Å². The first-order valence-corrected chi connectivity index (χ1v) is 9.51. The van der Waals surface area contributed by atoms with Gasteiger partial charge in [0.1, 0.15) is 23.1 Å². The zero-order valence-corrected chi connectivity index (χ0v) is 15.2. The first-order valence-electron chi connectivity index (χ1n) is 9.51. The summed E-state index contributed by atoms with van der Waals surface area (Å²) in [4.78, 5) is 17.4. The normalized spacial score (nSPS) is 23.9. The van der Waals surface area contributed by atoms with Crippen molar-refractivity contribution in [2.24, 2.45) is 0 Å². The van der Waals surface area contributed by atoms with Crippen LogP contribution in [0.3, 0.4) is 0 Å². The zero-order valence-electron chi connectivity index (χ0n) is 15.2. The molecule has 2 aliphatic rings. The van der Waals surface area contributed by atoms with Gasteiger partial charge in [0.05, 0.1) is 12.5 Å². The van der Waals surface area contributed by atoms with Crippen molar-refractivity contribution < 1.29 is 19.7 Å². The summed E-state index contributed by atoms with van der Waals surface area (Å²) in [5.74, 6) is 0.973. The molecule has 0 spiro atoms. The molecule has 4 heterocycles. The van der Waals surface area contributed by atoms with E-state index < -0.39 is 6.09 Å². The Balaban J connectivity index is 1.45. The Morgan fingerprint density at radius 2 is 1.82 bits per heavy atom. The van der Waals surface area contributed by atoms with Crippen LogP contribution in [-0.4, -0.2) is 48.8 Å². The Labute approximate surface area is 161 Å². The quantitative estimate of drug-likeness (QED) is 0.724. The highest BCUT2D eigenvalue weighted by Gasteiger charge is 2.44. The monoisotopic (exact) mass is 379 g/mol. The number of imidazole rings is 1. The standard InChI is InChI=1S/C21H21N3O4/c25-17-5-1-13(2-6-17)14-7-20(19-10-22-12-23(19)11-14)28-18-8-15-3-4-16(9-18)24(15)21(26)27/h1-2,5-7,10-12,15-16,18,25H,3-4,8-9H2,(H,26,27)/t15-,16+,18-. The minimum absolute atomic E-state index is 0.0122. The third-order valence-corrected chi connectivity index (χ3v) is 5.89. The molecule has 1 amide bonds. The van der Waals surface area contributed by atoms with Gasteiger partial charge in [-0.2, -0.15) is 0 Å². The van der Waals surface area contributed by atoms with Crippen LogP contribution in [0.1, 0.15) is 25.7 Å². The number of aromatic nitrogens is 2. The molecule has 7 nitrogen and oxygen atoms in total. The van der Waals surface area contributed by atoms with E-state index in [-0.39, 0.29) is 23.9 Å². The topological polar surface area (TPSA) is 87.3 Å². The first-order chi connectivity index (χ1) is 13.6. The van der Waals surface area contributed by atoms with Crippen molar-refractivity contribution in [1.29, 1.82) is 0 Å². The molecule has 0 radical (unpaired) electrons. The van der Waals surface area contributed by atoms with Crippen LogP contribution in [0.15, 0.2) is 49.1 Å². The summed E-state index contributed by atoms with van der Waals surface area (Å²) in [6, 6.07) is 9.13. The number of hydrogen-bond acceptors (Lipinski definition) is 4. The van der Waals surface area contributed by atoms with Crippen LogP contribution in [0.2, 0.25) is 0 Å². The largest absolute Gasteiger partial charge is 0.508 e. The first kappa shape index (κ1) is 16.9. The van der Waals surface area contributed by atoms with Gasteiger partial charge < -0.3 is 24.3 Å². The molecule has 28 heavy (non-hydrogen) atoms. The highest BCUT2D eigenvalue weighted by molar-refractivity contribution is 5.71. The summed E-state index contributed by atoms with van der Waals surface area (Å²) in [5.41, 5.74) is 2.82. The molecule has 1 aromatic carbocycles. The second-order valence-corrected chi connectivity index (χ2v) is 7.61. The van der Waals surface area contributed by atoms with Gasteiger partial charge in [-0.3, -0.25) is 0 Å². The molecule has 2 aliphatic heterocycles. The second-order valence-electron chi connectivity index (χ2n) is 7.61. The number of ether oxygens (including phenoxy) is 1. The maximum atomic E-state index is 11.5. The molecular formula is C21H21N3O4. The van der Waals surface area contributed by atoms with Gasteiger partial charge in [0.15, 0.2) is 0 Å². The van der Waals surface area contributed by atoms with Crippen LogP contribution in [0, 0.1) is 0 Å². The summed E-state index contributed by atoms with van der Waals surface area (Å²) in [6.45, 7) is 0. The van der Waals surface area contributed by atoms with E-state index in [1.165, 1.54) is 0 Å². The lowest BCUT2D eigenvalue weighted by Gasteiger charge is -2.37. The fourth-order valence-corrected chi connectivity index (χ4v) is 4.62. The molecule has 3 aromatic rings. The Hall–Kier alpha value is -3.22. The number of phenolic OH excluding ortho intramolecular Hbond substituents is 1. The SMILES string of the molecule is O=C(O)N1[C@@H]2CC[C@H]1C[C@H](Oc1cc(-c3ccc(O)cc3)cn3cncc13)C2. The van der Waals surface area contributed by atoms with Gasteiger partial charge in [-0.1, -0.05) is 12.1 Å². The number of hydrogen-bond donors (Lipinski definition) is 2. The predicted molar refractivity (Wildman–Crippen MR) is 103 cm³/mol. The number of fused-ring (bicyclic) bond motifs is 3. The summed E-state index contributed by atoms with van der Waals surface area (Å²) >= 11 is 0. The molecule has 3 atom stereocenters. The average molecular weight is 379 g/mol. The lowest BCUT2D eigenvalue weighted by molar-refractivity contribution is 0.0501. The van der Waals surface area contributed by atoms with Gasteiger partial charge in [0.25, 0.3) is 0 Å². The van der Waals surface area contributed by atoms with Crippen LogP contribution >= 0.6 is 0 Å². The van der Waals surface area contributed by atoms with E-state index in [2.05, 4.69) is 4.98 Å². The van der Waals surface area contributed by atoms with E-state index in [1.54, 1.807) is 29.6 Å². The number of carboxylic acid groups (broad SMARTS) is 1. The van der Waals surface area contributed by atoms with Gasteiger partial charge in [-0.25, -0.2) is 9.78 Å². The molecular weight excluding hydrogens is 358 g/mol. The second kappa shape index (κ2) is 6.44. The van der Waals surface area contributed by atoms with Crippen molar-refractivity contribution in [1.82, 2.24) is 14.3 Å². The Bertz CT molecular complexity index is 1020. The van der Waals surface area contributed by atoms with Gasteiger partial charge in [-0.05, 0) is 36.6 Å². The van der Waals surface area contributed by atoms with Crippen LogP contribution in [0.4, 0.5) is 4.79 Å². The number of carbonyl (C=O) groups is 1. The number of benzene rings is 1. The zero-order chi connectivity index (χ0) is 19.3. The fourth-order valence-electron chi connectivity index (χ4n) is 4.62. The molecule has 2 fully saturated rings. The number of amides is 1. The lowest BCUT2D eigenvalue weighted by Crippen LogP contribution is -2.48. The predicted octanol–water partition coefficient (Wildman–Crippen LogP) is 3.76. The number of nitrogens with zero attached hydrogens (tertiary/aromatic N) is 3. The van der Waals surface area contributed by atoms with Crippen molar-refractivity contribution in [3.05, 3.63) is 49.1 Å². The highest BCUT2D eigenvalue weighted by atomic mass is 16.5. The number of piperidine rings is 1.